The van der Waals surface area contributed by atoms with Crippen molar-refractivity contribution in [2.75, 3.05) is 0 Å². The average molecular weight is 452 g/mol. The minimum Gasteiger partial charge on any atom is -0.234 e. The van der Waals surface area contributed by atoms with Crippen molar-refractivity contribution in [3.8, 4) is 5.69 Å². The monoisotopic (exact) mass is 450 g/mol. The van der Waals surface area contributed by atoms with Crippen LogP contribution >= 0.6 is 39.1 Å². The van der Waals surface area contributed by atoms with Gasteiger partial charge in [-0.3, -0.25) is 0 Å². The third kappa shape index (κ3) is 3.70. The van der Waals surface area contributed by atoms with E-state index in [4.69, 9.17) is 23.2 Å². The summed E-state index contributed by atoms with van der Waals surface area (Å²) in [5.74, 6) is 0. The van der Waals surface area contributed by atoms with E-state index in [1.807, 2.05) is 18.5 Å². The van der Waals surface area contributed by atoms with Gasteiger partial charge in [0.2, 0.25) is 0 Å². The van der Waals surface area contributed by atoms with Gasteiger partial charge < -0.3 is 0 Å². The molecule has 0 aliphatic heterocycles. The number of halogens is 3. The summed E-state index contributed by atoms with van der Waals surface area (Å²) in [6, 6.07) is 9.36. The quantitative estimate of drug-likeness (QED) is 0.378. The first kappa shape index (κ1) is 19.1. The fourth-order valence-corrected chi connectivity index (χ4v) is 3.51. The first-order valence-corrected chi connectivity index (χ1v) is 9.53. The van der Waals surface area contributed by atoms with E-state index in [9.17, 15) is 0 Å². The van der Waals surface area contributed by atoms with Gasteiger partial charge in [-0.15, -0.1) is 5.11 Å². The number of rotatable bonds is 3. The molecule has 7 heteroatoms. The lowest BCUT2D eigenvalue weighted by atomic mass is 10.1. The number of aryl methyl sites for hydroxylation is 3. The molecule has 0 radical (unpaired) electrons. The van der Waals surface area contributed by atoms with Gasteiger partial charge >= 0.3 is 0 Å². The SMILES string of the molecule is Cc1cc(Br)c(-n2nc(C)c(N=Nc3ccc(Cl)c(Cl)c3)c2C)cc1C. The predicted octanol–water partition coefficient (Wildman–Crippen LogP) is 7.59. The second kappa shape index (κ2) is 7.51. The molecule has 0 aliphatic carbocycles. The largest absolute Gasteiger partial charge is 0.234 e. The van der Waals surface area contributed by atoms with Gasteiger partial charge in [0.25, 0.3) is 0 Å². The van der Waals surface area contributed by atoms with Crippen molar-refractivity contribution in [2.45, 2.75) is 27.7 Å². The van der Waals surface area contributed by atoms with Gasteiger partial charge in [0.05, 0.1) is 32.8 Å². The first-order valence-electron chi connectivity index (χ1n) is 7.98. The number of hydrogen-bond donors (Lipinski definition) is 0. The Balaban J connectivity index is 2.02. The van der Waals surface area contributed by atoms with E-state index in [0.717, 1.165) is 27.2 Å². The van der Waals surface area contributed by atoms with Crippen LogP contribution in [0.4, 0.5) is 11.4 Å². The van der Waals surface area contributed by atoms with Gasteiger partial charge in [-0.25, -0.2) is 4.68 Å². The second-order valence-corrected chi connectivity index (χ2v) is 7.79. The topological polar surface area (TPSA) is 42.5 Å². The molecule has 3 rings (SSSR count). The van der Waals surface area contributed by atoms with Crippen molar-refractivity contribution >= 4 is 50.5 Å². The molecular formula is C19H17BrCl2N4. The lowest BCUT2D eigenvalue weighted by molar-refractivity contribution is 0.828. The highest BCUT2D eigenvalue weighted by molar-refractivity contribution is 9.10. The Labute approximate surface area is 171 Å². The molecule has 1 heterocycles. The van der Waals surface area contributed by atoms with E-state index in [1.165, 1.54) is 11.1 Å². The Hall–Kier alpha value is -1.69. The molecule has 0 spiro atoms. The molecule has 0 saturated heterocycles. The third-order valence-electron chi connectivity index (χ3n) is 4.21. The molecule has 0 N–H and O–H groups in total. The molecule has 0 bridgehead atoms. The highest BCUT2D eigenvalue weighted by Gasteiger charge is 2.15. The van der Waals surface area contributed by atoms with Crippen LogP contribution in [-0.4, -0.2) is 9.78 Å². The smallest absolute Gasteiger partial charge is 0.130 e. The molecule has 0 saturated carbocycles. The van der Waals surface area contributed by atoms with Gasteiger partial charge in [-0.2, -0.15) is 10.2 Å². The molecule has 4 nitrogen and oxygen atoms in total. The van der Waals surface area contributed by atoms with Crippen LogP contribution in [0.2, 0.25) is 10.0 Å². The Kier molecular flexibility index (Phi) is 5.51. The number of aromatic nitrogens is 2. The van der Waals surface area contributed by atoms with E-state index < -0.39 is 0 Å². The molecule has 1 aromatic heterocycles. The molecule has 0 fully saturated rings. The summed E-state index contributed by atoms with van der Waals surface area (Å²) in [6.45, 7) is 8.07. The van der Waals surface area contributed by atoms with Crippen LogP contribution in [0.1, 0.15) is 22.5 Å². The molecule has 2 aromatic carbocycles. The maximum atomic E-state index is 6.03. The van der Waals surface area contributed by atoms with Gasteiger partial charge in [-0.05, 0) is 85.1 Å². The second-order valence-electron chi connectivity index (χ2n) is 6.12. The van der Waals surface area contributed by atoms with E-state index in [1.54, 1.807) is 18.2 Å². The molecule has 0 atom stereocenters. The summed E-state index contributed by atoms with van der Waals surface area (Å²) in [4.78, 5) is 0. The van der Waals surface area contributed by atoms with Crippen LogP contribution in [-0.2, 0) is 0 Å². The zero-order valence-electron chi connectivity index (χ0n) is 14.8. The summed E-state index contributed by atoms with van der Waals surface area (Å²) in [5, 5.41) is 14.2. The van der Waals surface area contributed by atoms with Gasteiger partial charge in [-0.1, -0.05) is 23.2 Å². The molecular weight excluding hydrogens is 435 g/mol. The lowest BCUT2D eigenvalue weighted by Crippen LogP contribution is -2.01. The Morgan fingerprint density at radius 2 is 1.62 bits per heavy atom. The fourth-order valence-electron chi connectivity index (χ4n) is 2.60. The number of hydrogen-bond acceptors (Lipinski definition) is 3. The summed E-state index contributed by atoms with van der Waals surface area (Å²) >= 11 is 15.6. The Bertz CT molecular complexity index is 1020. The molecule has 3 aromatic rings. The Morgan fingerprint density at radius 1 is 0.923 bits per heavy atom. The molecule has 0 aliphatic rings. The van der Waals surface area contributed by atoms with Crippen molar-refractivity contribution in [3.63, 3.8) is 0 Å². The maximum Gasteiger partial charge on any atom is 0.130 e. The predicted molar refractivity (Wildman–Crippen MR) is 111 cm³/mol. The van der Waals surface area contributed by atoms with E-state index in [0.29, 0.717) is 15.7 Å². The Morgan fingerprint density at radius 3 is 2.31 bits per heavy atom. The maximum absolute atomic E-state index is 6.03. The summed E-state index contributed by atoms with van der Waals surface area (Å²) in [5.41, 5.74) is 6.49. The number of azo groups is 1. The van der Waals surface area contributed by atoms with E-state index in [-0.39, 0.29) is 0 Å². The normalized spacial score (nSPS) is 11.5. The average Bonchev–Trinajstić information content (AvgIpc) is 2.86. The van der Waals surface area contributed by atoms with Crippen LogP contribution in [0, 0.1) is 27.7 Å². The highest BCUT2D eigenvalue weighted by Crippen LogP contribution is 2.32. The summed E-state index contributed by atoms with van der Waals surface area (Å²) in [6.07, 6.45) is 0. The van der Waals surface area contributed by atoms with Crippen LogP contribution < -0.4 is 0 Å². The van der Waals surface area contributed by atoms with Gasteiger partial charge in [0, 0.05) is 4.47 Å². The van der Waals surface area contributed by atoms with Crippen LogP contribution in [0.3, 0.4) is 0 Å². The minimum atomic E-state index is 0.450. The van der Waals surface area contributed by atoms with Crippen molar-refractivity contribution in [3.05, 3.63) is 67.4 Å². The molecule has 0 unspecified atom stereocenters. The van der Waals surface area contributed by atoms with Crippen LogP contribution in [0.25, 0.3) is 5.69 Å². The van der Waals surface area contributed by atoms with Crippen molar-refractivity contribution < 1.29 is 0 Å². The van der Waals surface area contributed by atoms with Gasteiger partial charge in [0.1, 0.15) is 5.69 Å². The van der Waals surface area contributed by atoms with E-state index in [2.05, 4.69) is 57.2 Å². The zero-order valence-corrected chi connectivity index (χ0v) is 17.9. The lowest BCUT2D eigenvalue weighted by Gasteiger charge is -2.10. The van der Waals surface area contributed by atoms with Crippen LogP contribution in [0.15, 0.2) is 45.0 Å². The van der Waals surface area contributed by atoms with Crippen molar-refractivity contribution in [1.82, 2.24) is 9.78 Å². The van der Waals surface area contributed by atoms with E-state index >= 15 is 0 Å². The standard InChI is InChI=1S/C19H17BrCl2N4/c1-10-7-15(20)18(8-11(10)2)26-13(4)19(12(3)25-26)24-23-14-5-6-16(21)17(22)9-14/h5-9H,1-4H3. The highest BCUT2D eigenvalue weighted by atomic mass is 79.9. The molecule has 26 heavy (non-hydrogen) atoms. The fraction of sp³-hybridized carbons (Fsp3) is 0.211. The number of benzene rings is 2. The van der Waals surface area contributed by atoms with Crippen LogP contribution in [0.5, 0.6) is 0 Å². The zero-order chi connectivity index (χ0) is 19.0. The molecule has 134 valence electrons. The van der Waals surface area contributed by atoms with Crippen molar-refractivity contribution in [1.29, 1.82) is 0 Å². The number of nitrogens with zero attached hydrogens (tertiary/aromatic N) is 4. The summed E-state index contributed by atoms with van der Waals surface area (Å²) in [7, 11) is 0. The molecule has 0 amide bonds. The minimum absolute atomic E-state index is 0.450. The summed E-state index contributed by atoms with van der Waals surface area (Å²) < 4.78 is 2.87. The first-order chi connectivity index (χ1) is 12.3. The van der Waals surface area contributed by atoms with Crippen molar-refractivity contribution in [2.24, 2.45) is 10.2 Å². The third-order valence-corrected chi connectivity index (χ3v) is 5.59. The van der Waals surface area contributed by atoms with Gasteiger partial charge in [0.15, 0.2) is 0 Å².